The topological polar surface area (TPSA) is 80.4 Å². The Hall–Kier alpha value is -2.42. The molecule has 1 aliphatic heterocycles. The SMILES string of the molecule is O=S(=O)(NC[C@@H]1CN(Cc2ccoc2)Cc2ccnn21)c1ccccc1. The Morgan fingerprint density at radius 1 is 1.19 bits per heavy atom. The van der Waals surface area contributed by atoms with Gasteiger partial charge in [0.2, 0.25) is 10.0 Å². The molecule has 3 heterocycles. The molecular weight excluding hydrogens is 352 g/mol. The summed E-state index contributed by atoms with van der Waals surface area (Å²) in [7, 11) is -3.54. The minimum atomic E-state index is -3.54. The average Bonchev–Trinajstić information content (AvgIpc) is 3.32. The first kappa shape index (κ1) is 17.0. The molecule has 0 saturated carbocycles. The second kappa shape index (κ2) is 7.06. The molecule has 0 aliphatic carbocycles. The van der Waals surface area contributed by atoms with E-state index >= 15 is 0 Å². The van der Waals surface area contributed by atoms with E-state index in [0.29, 0.717) is 6.54 Å². The van der Waals surface area contributed by atoms with Gasteiger partial charge in [-0.05, 0) is 24.3 Å². The molecule has 0 spiro atoms. The Balaban J connectivity index is 1.48. The number of nitrogens with one attached hydrogen (secondary N) is 1. The third kappa shape index (κ3) is 3.57. The predicted molar refractivity (Wildman–Crippen MR) is 95.7 cm³/mol. The van der Waals surface area contributed by atoms with E-state index in [4.69, 9.17) is 4.42 Å². The first-order valence-electron chi connectivity index (χ1n) is 8.42. The smallest absolute Gasteiger partial charge is 0.240 e. The van der Waals surface area contributed by atoms with Crippen LogP contribution in [0.15, 0.2) is 70.5 Å². The van der Waals surface area contributed by atoms with Gasteiger partial charge in [-0.15, -0.1) is 0 Å². The molecule has 1 aliphatic rings. The lowest BCUT2D eigenvalue weighted by molar-refractivity contribution is 0.167. The highest BCUT2D eigenvalue weighted by Crippen LogP contribution is 2.22. The van der Waals surface area contributed by atoms with Gasteiger partial charge in [0.25, 0.3) is 0 Å². The number of aromatic nitrogens is 2. The van der Waals surface area contributed by atoms with Crippen LogP contribution in [0.25, 0.3) is 0 Å². The van der Waals surface area contributed by atoms with Crippen molar-refractivity contribution in [2.75, 3.05) is 13.1 Å². The number of nitrogens with zero attached hydrogens (tertiary/aromatic N) is 3. The fraction of sp³-hybridized carbons (Fsp3) is 0.278. The highest BCUT2D eigenvalue weighted by atomic mass is 32.2. The molecule has 0 saturated heterocycles. The zero-order valence-electron chi connectivity index (χ0n) is 14.2. The van der Waals surface area contributed by atoms with Gasteiger partial charge in [0, 0.05) is 37.9 Å². The molecule has 0 radical (unpaired) electrons. The Morgan fingerprint density at radius 2 is 2.04 bits per heavy atom. The second-order valence-corrected chi connectivity index (χ2v) is 8.15. The van der Waals surface area contributed by atoms with Crippen molar-refractivity contribution in [3.63, 3.8) is 0 Å². The van der Waals surface area contributed by atoms with Crippen molar-refractivity contribution in [3.05, 3.63) is 72.4 Å². The van der Waals surface area contributed by atoms with E-state index < -0.39 is 10.0 Å². The van der Waals surface area contributed by atoms with Crippen LogP contribution >= 0.6 is 0 Å². The monoisotopic (exact) mass is 372 g/mol. The highest BCUT2D eigenvalue weighted by Gasteiger charge is 2.27. The van der Waals surface area contributed by atoms with Gasteiger partial charge >= 0.3 is 0 Å². The molecule has 0 fully saturated rings. The van der Waals surface area contributed by atoms with Crippen LogP contribution in [0, 0.1) is 0 Å². The second-order valence-electron chi connectivity index (χ2n) is 6.39. The quantitative estimate of drug-likeness (QED) is 0.716. The van der Waals surface area contributed by atoms with Crippen LogP contribution in [0.5, 0.6) is 0 Å². The lowest BCUT2D eigenvalue weighted by Crippen LogP contribution is -2.42. The van der Waals surface area contributed by atoms with E-state index in [2.05, 4.69) is 14.7 Å². The summed E-state index contributed by atoms with van der Waals surface area (Å²) in [6.07, 6.45) is 5.16. The molecule has 4 rings (SSSR count). The van der Waals surface area contributed by atoms with E-state index in [9.17, 15) is 8.42 Å². The fourth-order valence-electron chi connectivity index (χ4n) is 3.27. The lowest BCUT2D eigenvalue weighted by atomic mass is 10.1. The minimum absolute atomic E-state index is 0.0702. The number of rotatable bonds is 6. The van der Waals surface area contributed by atoms with Crippen molar-refractivity contribution in [1.82, 2.24) is 19.4 Å². The van der Waals surface area contributed by atoms with Gasteiger partial charge in [-0.3, -0.25) is 9.58 Å². The van der Waals surface area contributed by atoms with Gasteiger partial charge < -0.3 is 4.42 Å². The largest absolute Gasteiger partial charge is 0.472 e. The molecule has 1 atom stereocenters. The maximum atomic E-state index is 12.5. The zero-order valence-corrected chi connectivity index (χ0v) is 15.0. The number of hydrogen-bond acceptors (Lipinski definition) is 5. The average molecular weight is 372 g/mol. The Morgan fingerprint density at radius 3 is 2.81 bits per heavy atom. The molecule has 2 aromatic heterocycles. The summed E-state index contributed by atoms with van der Waals surface area (Å²) in [6, 6.07) is 12.3. The lowest BCUT2D eigenvalue weighted by Gasteiger charge is -2.33. The van der Waals surface area contributed by atoms with E-state index in [-0.39, 0.29) is 17.5 Å². The summed E-state index contributed by atoms with van der Waals surface area (Å²) >= 11 is 0. The molecule has 3 aromatic rings. The van der Waals surface area contributed by atoms with Gasteiger partial charge in [0.15, 0.2) is 0 Å². The molecular formula is C18H20N4O3S. The summed E-state index contributed by atoms with van der Waals surface area (Å²) in [5.41, 5.74) is 2.17. The molecule has 26 heavy (non-hydrogen) atoms. The van der Waals surface area contributed by atoms with Crippen molar-refractivity contribution < 1.29 is 12.8 Å². The highest BCUT2D eigenvalue weighted by molar-refractivity contribution is 7.89. The predicted octanol–water partition coefficient (Wildman–Crippen LogP) is 2.01. The summed E-state index contributed by atoms with van der Waals surface area (Å²) in [5, 5.41) is 4.38. The van der Waals surface area contributed by atoms with Gasteiger partial charge in [-0.1, -0.05) is 18.2 Å². The number of hydrogen-bond donors (Lipinski definition) is 1. The number of sulfonamides is 1. The van der Waals surface area contributed by atoms with Crippen LogP contribution in [0.2, 0.25) is 0 Å². The summed E-state index contributed by atoms with van der Waals surface area (Å²) in [5.74, 6) is 0. The standard InChI is InChI=1S/C18H20N4O3S/c23-26(24,18-4-2-1-3-5-18)20-10-17-13-21(11-15-7-9-25-14-15)12-16-6-8-19-22(16)17/h1-9,14,17,20H,10-13H2/t17-/m1/s1. The van der Waals surface area contributed by atoms with Crippen molar-refractivity contribution in [1.29, 1.82) is 0 Å². The van der Waals surface area contributed by atoms with E-state index in [1.807, 2.05) is 16.8 Å². The van der Waals surface area contributed by atoms with Crippen molar-refractivity contribution >= 4 is 10.0 Å². The van der Waals surface area contributed by atoms with Gasteiger partial charge in [-0.25, -0.2) is 13.1 Å². The first-order chi connectivity index (χ1) is 12.6. The molecule has 1 aromatic carbocycles. The van der Waals surface area contributed by atoms with Crippen LogP contribution in [0.3, 0.4) is 0 Å². The summed E-state index contributed by atoms with van der Waals surface area (Å²) in [6.45, 7) is 2.52. The molecule has 0 amide bonds. The number of benzene rings is 1. The van der Waals surface area contributed by atoms with Crippen LogP contribution in [-0.2, 0) is 23.1 Å². The van der Waals surface area contributed by atoms with Crippen molar-refractivity contribution in [2.45, 2.75) is 24.0 Å². The first-order valence-corrected chi connectivity index (χ1v) is 9.91. The van der Waals surface area contributed by atoms with Crippen LogP contribution < -0.4 is 4.72 Å². The van der Waals surface area contributed by atoms with E-state index in [0.717, 1.165) is 24.3 Å². The number of fused-ring (bicyclic) bond motifs is 1. The maximum Gasteiger partial charge on any atom is 0.240 e. The molecule has 0 bridgehead atoms. The summed E-state index contributed by atoms with van der Waals surface area (Å²) < 4.78 is 34.8. The molecule has 1 N–H and O–H groups in total. The molecule has 136 valence electrons. The van der Waals surface area contributed by atoms with Gasteiger partial charge in [0.1, 0.15) is 0 Å². The molecule has 0 unspecified atom stereocenters. The van der Waals surface area contributed by atoms with Crippen LogP contribution in [-0.4, -0.2) is 36.2 Å². The number of furan rings is 1. The van der Waals surface area contributed by atoms with Gasteiger partial charge in [0.05, 0.1) is 29.2 Å². The van der Waals surface area contributed by atoms with Crippen LogP contribution in [0.4, 0.5) is 0 Å². The minimum Gasteiger partial charge on any atom is -0.472 e. The third-order valence-corrected chi connectivity index (χ3v) is 5.94. The maximum absolute atomic E-state index is 12.5. The zero-order chi connectivity index (χ0) is 18.0. The van der Waals surface area contributed by atoms with Crippen molar-refractivity contribution in [2.24, 2.45) is 0 Å². The van der Waals surface area contributed by atoms with Crippen molar-refractivity contribution in [3.8, 4) is 0 Å². The molecule has 7 nitrogen and oxygen atoms in total. The van der Waals surface area contributed by atoms with E-state index in [1.54, 1.807) is 49.1 Å². The normalized spacial score (nSPS) is 17.9. The fourth-order valence-corrected chi connectivity index (χ4v) is 4.36. The Kier molecular flexibility index (Phi) is 4.62. The summed E-state index contributed by atoms with van der Waals surface area (Å²) in [4.78, 5) is 2.54. The third-order valence-electron chi connectivity index (χ3n) is 4.50. The molecule has 8 heteroatoms. The Bertz CT molecular complexity index is 952. The Labute approximate surface area is 152 Å². The van der Waals surface area contributed by atoms with E-state index in [1.165, 1.54) is 0 Å². The van der Waals surface area contributed by atoms with Crippen LogP contribution in [0.1, 0.15) is 17.3 Å². The van der Waals surface area contributed by atoms with Gasteiger partial charge in [-0.2, -0.15) is 5.10 Å².